The van der Waals surface area contributed by atoms with Crippen LogP contribution in [0.3, 0.4) is 0 Å². The van der Waals surface area contributed by atoms with Gasteiger partial charge >= 0.3 is 0 Å². The molecule has 1 aliphatic rings. The molecule has 1 aromatic heterocycles. The van der Waals surface area contributed by atoms with E-state index in [0.29, 0.717) is 11.7 Å². The predicted octanol–water partition coefficient (Wildman–Crippen LogP) is 3.64. The molecule has 1 heterocycles. The highest BCUT2D eigenvalue weighted by Crippen LogP contribution is 2.25. The fraction of sp³-hybridized carbons (Fsp3) is 0.333. The van der Waals surface area contributed by atoms with E-state index in [0.717, 1.165) is 24.2 Å². The van der Waals surface area contributed by atoms with Crippen LogP contribution in [0.15, 0.2) is 30.5 Å². The summed E-state index contributed by atoms with van der Waals surface area (Å²) in [7, 11) is 0. The number of hydrogen-bond acceptors (Lipinski definition) is 3. The standard InChI is InChI=1S/C18H21N3O/c1-11-8-12(2)17(13(3)9-11)20-15-6-7-16(19-10-15)18(22)21-14-4-5-14/h6-10,14,20H,4-5H2,1-3H3,(H,21,22). The predicted molar refractivity (Wildman–Crippen MR) is 88.7 cm³/mol. The number of anilines is 2. The number of carbonyl (C=O) groups excluding carboxylic acids is 1. The summed E-state index contributed by atoms with van der Waals surface area (Å²) < 4.78 is 0. The molecule has 4 heteroatoms. The Kier molecular flexibility index (Phi) is 3.84. The van der Waals surface area contributed by atoms with Crippen LogP contribution in [0.4, 0.5) is 11.4 Å². The van der Waals surface area contributed by atoms with Gasteiger partial charge in [-0.2, -0.15) is 0 Å². The van der Waals surface area contributed by atoms with Crippen LogP contribution < -0.4 is 10.6 Å². The second kappa shape index (κ2) is 5.79. The maximum absolute atomic E-state index is 11.9. The summed E-state index contributed by atoms with van der Waals surface area (Å²) in [6, 6.07) is 8.32. The molecule has 1 aliphatic carbocycles. The van der Waals surface area contributed by atoms with Crippen LogP contribution >= 0.6 is 0 Å². The van der Waals surface area contributed by atoms with Gasteiger partial charge in [-0.25, -0.2) is 4.98 Å². The highest BCUT2D eigenvalue weighted by Gasteiger charge is 2.24. The van der Waals surface area contributed by atoms with Gasteiger partial charge in [-0.3, -0.25) is 4.79 Å². The first kappa shape index (κ1) is 14.6. The quantitative estimate of drug-likeness (QED) is 0.905. The highest BCUT2D eigenvalue weighted by atomic mass is 16.2. The van der Waals surface area contributed by atoms with E-state index < -0.39 is 0 Å². The van der Waals surface area contributed by atoms with Crippen molar-refractivity contribution in [3.05, 3.63) is 52.8 Å². The van der Waals surface area contributed by atoms with Crippen molar-refractivity contribution in [1.82, 2.24) is 10.3 Å². The van der Waals surface area contributed by atoms with Crippen molar-refractivity contribution in [2.75, 3.05) is 5.32 Å². The normalized spacial score (nSPS) is 13.8. The number of amides is 1. The average Bonchev–Trinajstić information content (AvgIpc) is 3.27. The summed E-state index contributed by atoms with van der Waals surface area (Å²) >= 11 is 0. The molecule has 1 saturated carbocycles. The van der Waals surface area contributed by atoms with Gasteiger partial charge in [-0.15, -0.1) is 0 Å². The molecule has 0 spiro atoms. The molecule has 4 nitrogen and oxygen atoms in total. The molecule has 22 heavy (non-hydrogen) atoms. The number of nitrogens with zero attached hydrogens (tertiary/aromatic N) is 1. The monoisotopic (exact) mass is 295 g/mol. The first-order valence-corrected chi connectivity index (χ1v) is 7.65. The first-order chi connectivity index (χ1) is 10.5. The third-order valence-corrected chi connectivity index (χ3v) is 3.86. The Morgan fingerprint density at radius 1 is 1.14 bits per heavy atom. The molecule has 0 aliphatic heterocycles. The summed E-state index contributed by atoms with van der Waals surface area (Å²) in [5.74, 6) is -0.0863. The molecule has 2 N–H and O–H groups in total. The summed E-state index contributed by atoms with van der Waals surface area (Å²) in [6.07, 6.45) is 3.87. The molecule has 2 aromatic rings. The van der Waals surface area contributed by atoms with Crippen LogP contribution in [0.5, 0.6) is 0 Å². The number of hydrogen-bond donors (Lipinski definition) is 2. The zero-order valence-corrected chi connectivity index (χ0v) is 13.2. The van der Waals surface area contributed by atoms with Gasteiger partial charge in [0.15, 0.2) is 0 Å². The Hall–Kier alpha value is -2.36. The molecule has 0 bridgehead atoms. The second-order valence-corrected chi connectivity index (χ2v) is 6.08. The van der Waals surface area contributed by atoms with Gasteiger partial charge in [-0.1, -0.05) is 17.7 Å². The van der Waals surface area contributed by atoms with Gasteiger partial charge in [0.1, 0.15) is 5.69 Å². The summed E-state index contributed by atoms with van der Waals surface area (Å²) in [5.41, 5.74) is 6.11. The fourth-order valence-electron chi connectivity index (χ4n) is 2.61. The Bertz CT molecular complexity index is 680. The van der Waals surface area contributed by atoms with Gasteiger partial charge < -0.3 is 10.6 Å². The van der Waals surface area contributed by atoms with E-state index >= 15 is 0 Å². The minimum atomic E-state index is -0.0863. The number of nitrogens with one attached hydrogen (secondary N) is 2. The number of rotatable bonds is 4. The van der Waals surface area contributed by atoms with E-state index in [2.05, 4.69) is 48.5 Å². The van der Waals surface area contributed by atoms with Crippen molar-refractivity contribution in [2.24, 2.45) is 0 Å². The van der Waals surface area contributed by atoms with Gasteiger partial charge in [0, 0.05) is 11.7 Å². The van der Waals surface area contributed by atoms with E-state index in [1.165, 1.54) is 16.7 Å². The van der Waals surface area contributed by atoms with E-state index in [-0.39, 0.29) is 5.91 Å². The number of aryl methyl sites for hydroxylation is 3. The van der Waals surface area contributed by atoms with E-state index in [1.807, 2.05) is 6.07 Å². The number of aromatic nitrogens is 1. The minimum absolute atomic E-state index is 0.0863. The maximum atomic E-state index is 11.9. The van der Waals surface area contributed by atoms with Crippen molar-refractivity contribution >= 4 is 17.3 Å². The molecular weight excluding hydrogens is 274 g/mol. The molecule has 0 unspecified atom stereocenters. The molecule has 1 amide bonds. The zero-order chi connectivity index (χ0) is 15.7. The smallest absolute Gasteiger partial charge is 0.270 e. The van der Waals surface area contributed by atoms with Gasteiger partial charge in [-0.05, 0) is 56.9 Å². The average molecular weight is 295 g/mol. The van der Waals surface area contributed by atoms with Crippen LogP contribution in [-0.4, -0.2) is 16.9 Å². The lowest BCUT2D eigenvalue weighted by molar-refractivity contribution is 0.0946. The molecule has 1 fully saturated rings. The SMILES string of the molecule is Cc1cc(C)c(Nc2ccc(C(=O)NC3CC3)nc2)c(C)c1. The van der Waals surface area contributed by atoms with Crippen molar-refractivity contribution in [3.8, 4) is 0 Å². The van der Waals surface area contributed by atoms with E-state index in [4.69, 9.17) is 0 Å². The molecule has 0 saturated heterocycles. The Morgan fingerprint density at radius 3 is 2.36 bits per heavy atom. The molecule has 114 valence electrons. The van der Waals surface area contributed by atoms with Gasteiger partial charge in [0.05, 0.1) is 11.9 Å². The lowest BCUT2D eigenvalue weighted by Crippen LogP contribution is -2.26. The van der Waals surface area contributed by atoms with Crippen molar-refractivity contribution in [3.63, 3.8) is 0 Å². The Balaban J connectivity index is 1.74. The third kappa shape index (κ3) is 3.27. The van der Waals surface area contributed by atoms with Gasteiger partial charge in [0.2, 0.25) is 0 Å². The first-order valence-electron chi connectivity index (χ1n) is 7.65. The molecular formula is C18H21N3O. The number of benzene rings is 1. The van der Waals surface area contributed by atoms with E-state index in [9.17, 15) is 4.79 Å². The lowest BCUT2D eigenvalue weighted by atomic mass is 10.0. The Labute approximate surface area is 131 Å². The molecule has 3 rings (SSSR count). The zero-order valence-electron chi connectivity index (χ0n) is 13.2. The van der Waals surface area contributed by atoms with Gasteiger partial charge in [0.25, 0.3) is 5.91 Å². The highest BCUT2D eigenvalue weighted by molar-refractivity contribution is 5.92. The summed E-state index contributed by atoms with van der Waals surface area (Å²) in [4.78, 5) is 16.2. The van der Waals surface area contributed by atoms with Crippen molar-refractivity contribution in [2.45, 2.75) is 39.7 Å². The van der Waals surface area contributed by atoms with Crippen LogP contribution in [0.25, 0.3) is 0 Å². The number of pyridine rings is 1. The van der Waals surface area contributed by atoms with E-state index in [1.54, 1.807) is 12.3 Å². The molecule has 0 atom stereocenters. The van der Waals surface area contributed by atoms with Crippen LogP contribution in [0, 0.1) is 20.8 Å². The van der Waals surface area contributed by atoms with Crippen molar-refractivity contribution < 1.29 is 4.79 Å². The van der Waals surface area contributed by atoms with Crippen LogP contribution in [-0.2, 0) is 0 Å². The number of carbonyl (C=O) groups is 1. The second-order valence-electron chi connectivity index (χ2n) is 6.08. The lowest BCUT2D eigenvalue weighted by Gasteiger charge is -2.14. The minimum Gasteiger partial charge on any atom is -0.354 e. The summed E-state index contributed by atoms with van der Waals surface area (Å²) in [5, 5.41) is 6.33. The molecule has 1 aromatic carbocycles. The largest absolute Gasteiger partial charge is 0.354 e. The van der Waals surface area contributed by atoms with Crippen LogP contribution in [0.2, 0.25) is 0 Å². The summed E-state index contributed by atoms with van der Waals surface area (Å²) in [6.45, 7) is 6.28. The third-order valence-electron chi connectivity index (χ3n) is 3.86. The maximum Gasteiger partial charge on any atom is 0.270 e. The molecule has 0 radical (unpaired) electrons. The topological polar surface area (TPSA) is 54.0 Å². The Morgan fingerprint density at radius 2 is 1.82 bits per heavy atom. The fourth-order valence-corrected chi connectivity index (χ4v) is 2.61. The van der Waals surface area contributed by atoms with Crippen LogP contribution in [0.1, 0.15) is 40.0 Å². The van der Waals surface area contributed by atoms with Crippen molar-refractivity contribution in [1.29, 1.82) is 0 Å².